The van der Waals surface area contributed by atoms with E-state index in [-0.39, 0.29) is 24.7 Å². The quantitative estimate of drug-likeness (QED) is 0.527. The Balaban J connectivity index is 1.72. The second kappa shape index (κ2) is 9.03. The average Bonchev–Trinajstić information content (AvgIpc) is 3.14. The van der Waals surface area contributed by atoms with Crippen molar-refractivity contribution in [2.24, 2.45) is 5.92 Å². The molecule has 0 saturated carbocycles. The molecule has 1 amide bonds. The number of carbonyl (C=O) groups is 3. The molecule has 1 aliphatic heterocycles. The zero-order chi connectivity index (χ0) is 21.0. The van der Waals surface area contributed by atoms with E-state index in [0.717, 1.165) is 29.7 Å². The molecule has 29 heavy (non-hydrogen) atoms. The van der Waals surface area contributed by atoms with E-state index < -0.39 is 18.0 Å². The van der Waals surface area contributed by atoms with Gasteiger partial charge in [-0.3, -0.25) is 14.4 Å². The number of anilines is 1. The Bertz CT molecular complexity index is 884. The first-order valence-corrected chi connectivity index (χ1v) is 10.2. The van der Waals surface area contributed by atoms with Crippen molar-refractivity contribution in [3.63, 3.8) is 0 Å². The molecule has 1 fully saturated rings. The van der Waals surface area contributed by atoms with Crippen LogP contribution in [0.1, 0.15) is 48.7 Å². The van der Waals surface area contributed by atoms with Crippen molar-refractivity contribution in [3.05, 3.63) is 65.2 Å². The Morgan fingerprint density at radius 1 is 1.03 bits per heavy atom. The first-order chi connectivity index (χ1) is 14.0. The number of para-hydroxylation sites is 1. The molecule has 152 valence electrons. The van der Waals surface area contributed by atoms with Crippen molar-refractivity contribution in [1.82, 2.24) is 0 Å². The molecule has 5 heteroatoms. The summed E-state index contributed by atoms with van der Waals surface area (Å²) in [4.78, 5) is 39.6. The Morgan fingerprint density at radius 3 is 2.24 bits per heavy atom. The summed E-state index contributed by atoms with van der Waals surface area (Å²) in [5.74, 6) is -1.39. The number of ether oxygens (including phenoxy) is 1. The number of nitrogens with zero attached hydrogens (tertiary/aromatic N) is 1. The zero-order valence-corrected chi connectivity index (χ0v) is 17.2. The second-order valence-electron chi connectivity index (χ2n) is 7.35. The maximum absolute atomic E-state index is 12.7. The smallest absolute Gasteiger partial charge is 0.312 e. The van der Waals surface area contributed by atoms with Gasteiger partial charge < -0.3 is 9.64 Å². The molecule has 1 heterocycles. The highest BCUT2D eigenvalue weighted by molar-refractivity contribution is 6.02. The van der Waals surface area contributed by atoms with Gasteiger partial charge in [0, 0.05) is 24.2 Å². The van der Waals surface area contributed by atoms with Crippen LogP contribution in [-0.4, -0.2) is 30.3 Å². The molecule has 1 saturated heterocycles. The number of carbonyl (C=O) groups excluding carboxylic acids is 3. The standard InChI is InChI=1S/C24H27NO4/c1-4-17-12-9-13-18(5-2)22(17)25-15-20(14-21(25)26)24(28)29-16(3)23(27)19-10-7-6-8-11-19/h6-13,16,20H,4-5,14-15H2,1-3H3/t16-,20-/m0/s1. The van der Waals surface area contributed by atoms with Crippen LogP contribution in [0.25, 0.3) is 0 Å². The first-order valence-electron chi connectivity index (χ1n) is 10.2. The lowest BCUT2D eigenvalue weighted by Gasteiger charge is -2.23. The minimum absolute atomic E-state index is 0.0791. The van der Waals surface area contributed by atoms with Gasteiger partial charge in [-0.2, -0.15) is 0 Å². The van der Waals surface area contributed by atoms with Crippen LogP contribution >= 0.6 is 0 Å². The summed E-state index contributed by atoms with van der Waals surface area (Å²) in [6.07, 6.45) is 0.838. The van der Waals surface area contributed by atoms with E-state index in [1.54, 1.807) is 36.1 Å². The molecule has 0 radical (unpaired) electrons. The Kier molecular flexibility index (Phi) is 6.47. The fourth-order valence-corrected chi connectivity index (χ4v) is 3.80. The molecule has 2 atom stereocenters. The van der Waals surface area contributed by atoms with E-state index >= 15 is 0 Å². The predicted octanol–water partition coefficient (Wildman–Crippen LogP) is 3.98. The Hall–Kier alpha value is -2.95. The number of ketones is 1. The van der Waals surface area contributed by atoms with Crippen LogP contribution in [-0.2, 0) is 27.2 Å². The molecule has 1 aliphatic rings. The van der Waals surface area contributed by atoms with Crippen LogP contribution in [0.4, 0.5) is 5.69 Å². The van der Waals surface area contributed by atoms with Gasteiger partial charge in [0.25, 0.3) is 0 Å². The van der Waals surface area contributed by atoms with Gasteiger partial charge in [-0.05, 0) is 30.9 Å². The van der Waals surface area contributed by atoms with E-state index in [4.69, 9.17) is 4.74 Å². The van der Waals surface area contributed by atoms with E-state index in [1.165, 1.54) is 0 Å². The number of amides is 1. The van der Waals surface area contributed by atoms with Gasteiger partial charge in [-0.15, -0.1) is 0 Å². The highest BCUT2D eigenvalue weighted by Gasteiger charge is 2.38. The Labute approximate surface area is 171 Å². The molecule has 0 bridgehead atoms. The van der Waals surface area contributed by atoms with Crippen LogP contribution in [0.15, 0.2) is 48.5 Å². The van der Waals surface area contributed by atoms with Crippen LogP contribution in [0.2, 0.25) is 0 Å². The topological polar surface area (TPSA) is 63.7 Å². The highest BCUT2D eigenvalue weighted by atomic mass is 16.5. The van der Waals surface area contributed by atoms with E-state index in [0.29, 0.717) is 5.56 Å². The lowest BCUT2D eigenvalue weighted by Crippen LogP contribution is -2.31. The van der Waals surface area contributed by atoms with Gasteiger partial charge in [-0.25, -0.2) is 0 Å². The summed E-state index contributed by atoms with van der Waals surface area (Å²) in [6.45, 7) is 5.97. The normalized spacial score (nSPS) is 17.3. The molecule has 2 aromatic rings. The molecule has 0 spiro atoms. The van der Waals surface area contributed by atoms with Crippen molar-refractivity contribution in [2.45, 2.75) is 46.1 Å². The molecule has 0 N–H and O–H groups in total. The minimum atomic E-state index is -0.886. The third kappa shape index (κ3) is 4.39. The SMILES string of the molecule is CCc1cccc(CC)c1N1C[C@@H](C(=O)O[C@@H](C)C(=O)c2ccccc2)CC1=O. The van der Waals surface area contributed by atoms with E-state index in [1.807, 2.05) is 24.3 Å². The summed E-state index contributed by atoms with van der Waals surface area (Å²) < 4.78 is 5.43. The number of benzene rings is 2. The number of rotatable bonds is 7. The van der Waals surface area contributed by atoms with Gasteiger partial charge in [0.1, 0.15) is 0 Å². The van der Waals surface area contributed by atoms with Crippen molar-refractivity contribution in [3.8, 4) is 0 Å². The maximum Gasteiger partial charge on any atom is 0.312 e. The third-order valence-electron chi connectivity index (χ3n) is 5.41. The monoisotopic (exact) mass is 393 g/mol. The summed E-state index contributed by atoms with van der Waals surface area (Å²) in [5.41, 5.74) is 3.62. The van der Waals surface area contributed by atoms with Crippen molar-refractivity contribution in [1.29, 1.82) is 0 Å². The van der Waals surface area contributed by atoms with E-state index in [9.17, 15) is 14.4 Å². The van der Waals surface area contributed by atoms with Crippen LogP contribution in [0.5, 0.6) is 0 Å². The molecule has 0 aliphatic carbocycles. The Morgan fingerprint density at radius 2 is 1.66 bits per heavy atom. The molecule has 5 nitrogen and oxygen atoms in total. The summed E-state index contributed by atoms with van der Waals surface area (Å²) in [5, 5.41) is 0. The third-order valence-corrected chi connectivity index (χ3v) is 5.41. The lowest BCUT2D eigenvalue weighted by atomic mass is 10.0. The van der Waals surface area contributed by atoms with E-state index in [2.05, 4.69) is 13.8 Å². The van der Waals surface area contributed by atoms with Gasteiger partial charge in [0.15, 0.2) is 6.10 Å². The van der Waals surface area contributed by atoms with Crippen molar-refractivity contribution < 1.29 is 19.1 Å². The average molecular weight is 393 g/mol. The molecule has 0 unspecified atom stereocenters. The second-order valence-corrected chi connectivity index (χ2v) is 7.35. The van der Waals surface area contributed by atoms with Crippen molar-refractivity contribution >= 4 is 23.3 Å². The number of hydrogen-bond acceptors (Lipinski definition) is 4. The van der Waals surface area contributed by atoms with Crippen LogP contribution in [0, 0.1) is 5.92 Å². The van der Waals surface area contributed by atoms with Crippen LogP contribution < -0.4 is 4.90 Å². The summed E-state index contributed by atoms with van der Waals surface area (Å²) in [6, 6.07) is 14.8. The van der Waals surface area contributed by atoms with Gasteiger partial charge in [0.05, 0.1) is 5.92 Å². The first kappa shape index (κ1) is 20.8. The molecule has 3 rings (SSSR count). The number of esters is 1. The number of aryl methyl sites for hydroxylation is 2. The van der Waals surface area contributed by atoms with Crippen LogP contribution in [0.3, 0.4) is 0 Å². The number of Topliss-reactive ketones (excluding diaryl/α,β-unsaturated/α-hetero) is 1. The number of hydrogen-bond donors (Lipinski definition) is 0. The fourth-order valence-electron chi connectivity index (χ4n) is 3.80. The van der Waals surface area contributed by atoms with Crippen molar-refractivity contribution in [2.75, 3.05) is 11.4 Å². The largest absolute Gasteiger partial charge is 0.454 e. The van der Waals surface area contributed by atoms with Gasteiger partial charge in [-0.1, -0.05) is 62.4 Å². The van der Waals surface area contributed by atoms with Gasteiger partial charge in [0.2, 0.25) is 11.7 Å². The predicted molar refractivity (Wildman–Crippen MR) is 112 cm³/mol. The van der Waals surface area contributed by atoms with Gasteiger partial charge >= 0.3 is 5.97 Å². The molecule has 0 aromatic heterocycles. The maximum atomic E-state index is 12.7. The summed E-state index contributed by atoms with van der Waals surface area (Å²) >= 11 is 0. The molecule has 2 aromatic carbocycles. The summed E-state index contributed by atoms with van der Waals surface area (Å²) in [7, 11) is 0. The minimum Gasteiger partial charge on any atom is -0.454 e. The molecular formula is C24H27NO4. The molecular weight excluding hydrogens is 366 g/mol. The highest BCUT2D eigenvalue weighted by Crippen LogP contribution is 2.33. The fraction of sp³-hybridized carbons (Fsp3) is 0.375. The lowest BCUT2D eigenvalue weighted by molar-refractivity contribution is -0.151. The zero-order valence-electron chi connectivity index (χ0n) is 17.2.